The lowest BCUT2D eigenvalue weighted by Gasteiger charge is -2.26. The van der Waals surface area contributed by atoms with E-state index in [0.29, 0.717) is 30.7 Å². The van der Waals surface area contributed by atoms with Gasteiger partial charge in [0.15, 0.2) is 5.16 Å². The highest BCUT2D eigenvalue weighted by molar-refractivity contribution is 7.99. The molecular formula is C22H29N5O3S2. The topological polar surface area (TPSA) is 97.2 Å². The summed E-state index contributed by atoms with van der Waals surface area (Å²) < 4.78 is 29.8. The third-order valence-corrected chi connectivity index (χ3v) is 9.15. The molecule has 2 saturated carbocycles. The number of amides is 1. The number of aryl methyl sites for hydroxylation is 1. The number of piperidine rings is 1. The Bertz CT molecular complexity index is 1120. The molecule has 3 fully saturated rings. The molecule has 0 radical (unpaired) electrons. The number of rotatable bonds is 8. The van der Waals surface area contributed by atoms with Gasteiger partial charge in [-0.25, -0.2) is 8.42 Å². The van der Waals surface area contributed by atoms with Gasteiger partial charge >= 0.3 is 0 Å². The molecule has 1 N–H and O–H groups in total. The van der Waals surface area contributed by atoms with Crippen molar-refractivity contribution in [2.45, 2.75) is 73.9 Å². The molecule has 1 aliphatic heterocycles. The number of hydrogen-bond donors (Lipinski definition) is 1. The van der Waals surface area contributed by atoms with Crippen LogP contribution in [0.5, 0.6) is 0 Å². The Morgan fingerprint density at radius 1 is 1.12 bits per heavy atom. The van der Waals surface area contributed by atoms with Crippen LogP contribution in [0.25, 0.3) is 0 Å². The van der Waals surface area contributed by atoms with E-state index >= 15 is 0 Å². The smallest absolute Gasteiger partial charge is 0.243 e. The van der Waals surface area contributed by atoms with Crippen molar-refractivity contribution in [2.75, 3.05) is 24.2 Å². The predicted octanol–water partition coefficient (Wildman–Crippen LogP) is 3.70. The molecule has 1 amide bonds. The van der Waals surface area contributed by atoms with Gasteiger partial charge in [0.2, 0.25) is 15.9 Å². The summed E-state index contributed by atoms with van der Waals surface area (Å²) in [6.45, 7) is 2.98. The standard InChI is InChI=1S/C22H29N5O3S2/c1-15-5-10-18(32(29,30)26-11-3-2-4-12-26)13-19(15)23-20(28)14-31-22-25-24-21(16-6-7-16)27(22)17-8-9-17/h5,10,13,16-17H,2-4,6-9,11-12,14H2,1H3,(H,23,28). The first-order valence-corrected chi connectivity index (χ1v) is 13.8. The van der Waals surface area contributed by atoms with Gasteiger partial charge in [0.05, 0.1) is 10.6 Å². The average molecular weight is 476 g/mol. The second-order valence-corrected chi connectivity index (χ2v) is 11.9. The molecule has 172 valence electrons. The average Bonchev–Trinajstić information content (AvgIpc) is 3.73. The molecule has 2 aromatic rings. The highest BCUT2D eigenvalue weighted by atomic mass is 32.2. The molecule has 5 rings (SSSR count). The molecule has 0 atom stereocenters. The predicted molar refractivity (Wildman–Crippen MR) is 123 cm³/mol. The fourth-order valence-electron chi connectivity index (χ4n) is 4.15. The van der Waals surface area contributed by atoms with Crippen LogP contribution in [0, 0.1) is 6.92 Å². The minimum Gasteiger partial charge on any atom is -0.325 e. The normalized spacial score (nSPS) is 19.8. The number of sulfonamides is 1. The zero-order valence-corrected chi connectivity index (χ0v) is 19.9. The van der Waals surface area contributed by atoms with Gasteiger partial charge in [-0.2, -0.15) is 4.31 Å². The van der Waals surface area contributed by atoms with Crippen molar-refractivity contribution < 1.29 is 13.2 Å². The Labute approximate surface area is 193 Å². The number of thioether (sulfide) groups is 1. The van der Waals surface area contributed by atoms with Crippen LogP contribution in [0.4, 0.5) is 5.69 Å². The molecule has 8 nitrogen and oxygen atoms in total. The summed E-state index contributed by atoms with van der Waals surface area (Å²) in [4.78, 5) is 12.9. The second-order valence-electron chi connectivity index (χ2n) is 8.99. The lowest BCUT2D eigenvalue weighted by Crippen LogP contribution is -2.35. The fraction of sp³-hybridized carbons (Fsp3) is 0.591. The number of benzene rings is 1. The minimum absolute atomic E-state index is 0.177. The van der Waals surface area contributed by atoms with Crippen LogP contribution in [0.3, 0.4) is 0 Å². The summed E-state index contributed by atoms with van der Waals surface area (Å²) in [5.74, 6) is 1.63. The van der Waals surface area contributed by atoms with Crippen molar-refractivity contribution in [3.63, 3.8) is 0 Å². The van der Waals surface area contributed by atoms with E-state index in [0.717, 1.165) is 48.6 Å². The quantitative estimate of drug-likeness (QED) is 0.585. The van der Waals surface area contributed by atoms with Crippen molar-refractivity contribution in [3.8, 4) is 0 Å². The zero-order chi connectivity index (χ0) is 22.3. The van der Waals surface area contributed by atoms with Crippen LogP contribution in [0.1, 0.15) is 68.3 Å². The van der Waals surface area contributed by atoms with Gasteiger partial charge in [-0.15, -0.1) is 10.2 Å². The molecule has 1 saturated heterocycles. The summed E-state index contributed by atoms with van der Waals surface area (Å²) in [5, 5.41) is 12.4. The van der Waals surface area contributed by atoms with Crippen LogP contribution in [-0.4, -0.2) is 52.2 Å². The molecule has 3 aliphatic rings. The largest absolute Gasteiger partial charge is 0.325 e. The molecule has 10 heteroatoms. The number of nitrogens with one attached hydrogen (secondary N) is 1. The third kappa shape index (κ3) is 4.58. The zero-order valence-electron chi connectivity index (χ0n) is 18.3. The molecule has 2 heterocycles. The molecular weight excluding hydrogens is 446 g/mol. The number of anilines is 1. The number of carbonyl (C=O) groups excluding carboxylic acids is 1. The fourth-order valence-corrected chi connectivity index (χ4v) is 6.51. The molecule has 0 bridgehead atoms. The van der Waals surface area contributed by atoms with E-state index in [1.54, 1.807) is 22.5 Å². The van der Waals surface area contributed by atoms with Crippen molar-refractivity contribution >= 4 is 33.4 Å². The summed E-state index contributed by atoms with van der Waals surface area (Å²) in [5.41, 5.74) is 1.37. The van der Waals surface area contributed by atoms with Crippen LogP contribution in [0.15, 0.2) is 28.3 Å². The van der Waals surface area contributed by atoms with Crippen molar-refractivity contribution in [1.82, 2.24) is 19.1 Å². The van der Waals surface area contributed by atoms with Crippen LogP contribution in [-0.2, 0) is 14.8 Å². The first-order valence-electron chi connectivity index (χ1n) is 11.4. The van der Waals surface area contributed by atoms with Gasteiger partial charge in [-0.05, 0) is 63.1 Å². The van der Waals surface area contributed by atoms with Gasteiger partial charge in [0.25, 0.3) is 0 Å². The van der Waals surface area contributed by atoms with Gasteiger partial charge in [-0.1, -0.05) is 24.2 Å². The van der Waals surface area contributed by atoms with E-state index < -0.39 is 10.0 Å². The first kappa shape index (κ1) is 21.9. The Balaban J connectivity index is 1.26. The monoisotopic (exact) mass is 475 g/mol. The first-order chi connectivity index (χ1) is 15.4. The SMILES string of the molecule is Cc1ccc(S(=O)(=O)N2CCCCC2)cc1NC(=O)CSc1nnc(C2CC2)n1C1CC1. The van der Waals surface area contributed by atoms with Gasteiger partial charge < -0.3 is 9.88 Å². The van der Waals surface area contributed by atoms with E-state index in [-0.39, 0.29) is 16.6 Å². The molecule has 32 heavy (non-hydrogen) atoms. The summed E-state index contributed by atoms with van der Waals surface area (Å²) in [7, 11) is -3.54. The van der Waals surface area contributed by atoms with Gasteiger partial charge in [0, 0.05) is 30.7 Å². The molecule has 1 aromatic carbocycles. The Kier molecular flexibility index (Phi) is 6.02. The maximum atomic E-state index is 13.0. The number of nitrogens with zero attached hydrogens (tertiary/aromatic N) is 4. The molecule has 1 aromatic heterocycles. The highest BCUT2D eigenvalue weighted by Gasteiger charge is 2.36. The van der Waals surface area contributed by atoms with Crippen molar-refractivity contribution in [3.05, 3.63) is 29.6 Å². The van der Waals surface area contributed by atoms with Crippen LogP contribution < -0.4 is 5.32 Å². The van der Waals surface area contributed by atoms with Crippen LogP contribution >= 0.6 is 11.8 Å². The van der Waals surface area contributed by atoms with E-state index in [1.165, 1.54) is 24.6 Å². The molecule has 0 unspecified atom stereocenters. The lowest BCUT2D eigenvalue weighted by molar-refractivity contribution is -0.113. The summed E-state index contributed by atoms with van der Waals surface area (Å²) in [6, 6.07) is 5.44. The van der Waals surface area contributed by atoms with Gasteiger partial charge in [-0.3, -0.25) is 4.79 Å². The minimum atomic E-state index is -3.54. The van der Waals surface area contributed by atoms with E-state index in [4.69, 9.17) is 0 Å². The highest BCUT2D eigenvalue weighted by Crippen LogP contribution is 2.46. The van der Waals surface area contributed by atoms with E-state index in [2.05, 4.69) is 20.1 Å². The number of carbonyl (C=O) groups is 1. The number of aromatic nitrogens is 3. The van der Waals surface area contributed by atoms with Crippen molar-refractivity contribution in [1.29, 1.82) is 0 Å². The van der Waals surface area contributed by atoms with E-state index in [9.17, 15) is 13.2 Å². The van der Waals surface area contributed by atoms with Gasteiger partial charge in [0.1, 0.15) is 5.82 Å². The Hall–Kier alpha value is -1.91. The Morgan fingerprint density at radius 2 is 1.88 bits per heavy atom. The maximum absolute atomic E-state index is 13.0. The molecule has 0 spiro atoms. The third-order valence-electron chi connectivity index (χ3n) is 6.31. The van der Waals surface area contributed by atoms with E-state index in [1.807, 2.05) is 6.92 Å². The number of hydrogen-bond acceptors (Lipinski definition) is 6. The molecule has 2 aliphatic carbocycles. The second kappa shape index (κ2) is 8.79. The van der Waals surface area contributed by atoms with Crippen LogP contribution in [0.2, 0.25) is 0 Å². The van der Waals surface area contributed by atoms with Crippen molar-refractivity contribution in [2.24, 2.45) is 0 Å². The Morgan fingerprint density at radius 3 is 2.56 bits per heavy atom. The summed E-state index contributed by atoms with van der Waals surface area (Å²) >= 11 is 1.40. The maximum Gasteiger partial charge on any atom is 0.243 e. The summed E-state index contributed by atoms with van der Waals surface area (Å²) in [6.07, 6.45) is 7.48. The lowest BCUT2D eigenvalue weighted by atomic mass is 10.2.